The highest BCUT2D eigenvalue weighted by Gasteiger charge is 2.22. The van der Waals surface area contributed by atoms with Crippen molar-refractivity contribution in [1.29, 1.82) is 0 Å². The second-order valence-corrected chi connectivity index (χ2v) is 7.75. The summed E-state index contributed by atoms with van der Waals surface area (Å²) in [6.45, 7) is 6.27. The number of carboxylic acids is 1. The van der Waals surface area contributed by atoms with Crippen molar-refractivity contribution >= 4 is 22.9 Å². The molecule has 6 nitrogen and oxygen atoms in total. The molecule has 0 aliphatic carbocycles. The molecule has 3 rings (SSSR count). The van der Waals surface area contributed by atoms with E-state index in [-0.39, 0.29) is 11.8 Å². The first-order valence-corrected chi connectivity index (χ1v) is 9.09. The Kier molecular flexibility index (Phi) is 5.40. The summed E-state index contributed by atoms with van der Waals surface area (Å²) in [5, 5.41) is 12.1. The fraction of sp³-hybridized carbons (Fsp3) is 0.273. The van der Waals surface area contributed by atoms with Crippen molar-refractivity contribution in [3.8, 4) is 0 Å². The zero-order chi connectivity index (χ0) is 20.3. The first-order valence-electron chi connectivity index (χ1n) is 9.09. The van der Waals surface area contributed by atoms with Gasteiger partial charge < -0.3 is 10.4 Å². The highest BCUT2D eigenvalue weighted by atomic mass is 16.4. The molecule has 1 amide bonds. The Hall–Kier alpha value is -3.28. The second kappa shape index (κ2) is 7.76. The number of benzene rings is 2. The van der Waals surface area contributed by atoms with Gasteiger partial charge in [-0.05, 0) is 35.2 Å². The van der Waals surface area contributed by atoms with Crippen LogP contribution in [0.4, 0.5) is 0 Å². The van der Waals surface area contributed by atoms with Crippen LogP contribution < -0.4 is 5.32 Å². The summed E-state index contributed by atoms with van der Waals surface area (Å²) in [4.78, 5) is 32.9. The highest BCUT2D eigenvalue weighted by Crippen LogP contribution is 2.22. The number of nitrogens with one attached hydrogen (secondary N) is 1. The molecule has 0 aliphatic rings. The van der Waals surface area contributed by atoms with Crippen molar-refractivity contribution in [2.75, 3.05) is 0 Å². The number of nitrogens with zero attached hydrogens (tertiary/aromatic N) is 2. The zero-order valence-electron chi connectivity index (χ0n) is 16.1. The Balaban J connectivity index is 1.75. The minimum absolute atomic E-state index is 0.0205. The number of carboxylic acid groups (broad SMARTS) is 1. The van der Waals surface area contributed by atoms with Gasteiger partial charge in [-0.3, -0.25) is 9.78 Å². The molecule has 0 aliphatic heterocycles. The SMILES string of the molecule is CC(C)(C)c1ccc(C(=O)N[C@H](Cc2cnc3ccccc3n2)C(=O)O)cc1. The fourth-order valence-corrected chi connectivity index (χ4v) is 2.87. The molecular formula is C22H23N3O3. The molecule has 2 N–H and O–H groups in total. The van der Waals surface area contributed by atoms with E-state index in [1.165, 1.54) is 0 Å². The van der Waals surface area contributed by atoms with Gasteiger partial charge in [0.1, 0.15) is 6.04 Å². The van der Waals surface area contributed by atoms with E-state index in [2.05, 4.69) is 36.1 Å². The van der Waals surface area contributed by atoms with E-state index in [1.54, 1.807) is 18.3 Å². The molecule has 0 radical (unpaired) electrons. The smallest absolute Gasteiger partial charge is 0.326 e. The van der Waals surface area contributed by atoms with Gasteiger partial charge in [-0.25, -0.2) is 9.78 Å². The van der Waals surface area contributed by atoms with Crippen molar-refractivity contribution < 1.29 is 14.7 Å². The Morgan fingerprint density at radius 3 is 2.29 bits per heavy atom. The lowest BCUT2D eigenvalue weighted by Crippen LogP contribution is -2.42. The molecule has 1 atom stereocenters. The molecule has 28 heavy (non-hydrogen) atoms. The lowest BCUT2D eigenvalue weighted by molar-refractivity contribution is -0.139. The molecule has 0 saturated carbocycles. The first-order chi connectivity index (χ1) is 13.2. The van der Waals surface area contributed by atoms with Crippen LogP contribution in [0.25, 0.3) is 11.0 Å². The molecular weight excluding hydrogens is 354 g/mol. The van der Waals surface area contributed by atoms with Crippen LogP contribution in [0, 0.1) is 0 Å². The zero-order valence-corrected chi connectivity index (χ0v) is 16.1. The Morgan fingerprint density at radius 2 is 1.68 bits per heavy atom. The van der Waals surface area contributed by atoms with Crippen LogP contribution in [0.3, 0.4) is 0 Å². The van der Waals surface area contributed by atoms with E-state index in [1.807, 2.05) is 36.4 Å². The van der Waals surface area contributed by atoms with E-state index >= 15 is 0 Å². The molecule has 0 unspecified atom stereocenters. The van der Waals surface area contributed by atoms with E-state index in [0.29, 0.717) is 16.8 Å². The van der Waals surface area contributed by atoms with Gasteiger partial charge in [-0.1, -0.05) is 45.0 Å². The quantitative estimate of drug-likeness (QED) is 0.711. The number of aliphatic carboxylic acids is 1. The number of para-hydroxylation sites is 2. The maximum atomic E-state index is 12.5. The molecule has 6 heteroatoms. The molecule has 2 aromatic carbocycles. The fourth-order valence-electron chi connectivity index (χ4n) is 2.87. The van der Waals surface area contributed by atoms with Crippen LogP contribution in [-0.2, 0) is 16.6 Å². The van der Waals surface area contributed by atoms with Gasteiger partial charge in [0, 0.05) is 18.2 Å². The Morgan fingerprint density at radius 1 is 1.04 bits per heavy atom. The van der Waals surface area contributed by atoms with E-state index in [4.69, 9.17) is 0 Å². The van der Waals surface area contributed by atoms with Crippen molar-refractivity contribution in [2.24, 2.45) is 0 Å². The summed E-state index contributed by atoms with van der Waals surface area (Å²) in [6.07, 6.45) is 1.60. The van der Waals surface area contributed by atoms with Gasteiger partial charge in [0.15, 0.2) is 0 Å². The minimum atomic E-state index is -1.12. The molecule has 3 aromatic rings. The average Bonchev–Trinajstić information content (AvgIpc) is 2.66. The normalized spacial score (nSPS) is 12.5. The van der Waals surface area contributed by atoms with Crippen LogP contribution in [0.15, 0.2) is 54.7 Å². The summed E-state index contributed by atoms with van der Waals surface area (Å²) in [5.41, 5.74) is 3.44. The van der Waals surface area contributed by atoms with E-state index in [9.17, 15) is 14.7 Å². The summed E-state index contributed by atoms with van der Waals surface area (Å²) >= 11 is 0. The van der Waals surface area contributed by atoms with Gasteiger partial charge in [0.05, 0.1) is 16.7 Å². The van der Waals surface area contributed by atoms with Crippen LogP contribution in [0.2, 0.25) is 0 Å². The minimum Gasteiger partial charge on any atom is -0.480 e. The van der Waals surface area contributed by atoms with Crippen molar-refractivity contribution in [3.05, 3.63) is 71.5 Å². The highest BCUT2D eigenvalue weighted by molar-refractivity contribution is 5.96. The number of fused-ring (bicyclic) bond motifs is 1. The third-order valence-electron chi connectivity index (χ3n) is 4.53. The van der Waals surface area contributed by atoms with Crippen LogP contribution in [0.1, 0.15) is 42.4 Å². The van der Waals surface area contributed by atoms with Crippen molar-refractivity contribution in [2.45, 2.75) is 38.6 Å². The Bertz CT molecular complexity index is 1010. The molecule has 144 valence electrons. The van der Waals surface area contributed by atoms with Gasteiger partial charge in [-0.15, -0.1) is 0 Å². The van der Waals surface area contributed by atoms with Crippen LogP contribution >= 0.6 is 0 Å². The topological polar surface area (TPSA) is 92.2 Å². The third-order valence-corrected chi connectivity index (χ3v) is 4.53. The lowest BCUT2D eigenvalue weighted by Gasteiger charge is -2.19. The number of carbonyl (C=O) groups excluding carboxylic acids is 1. The maximum absolute atomic E-state index is 12.5. The standard InChI is InChI=1S/C22H23N3O3/c1-22(2,3)15-10-8-14(9-11-15)20(26)25-19(21(27)28)12-16-13-23-17-6-4-5-7-18(17)24-16/h4-11,13,19H,12H2,1-3H3,(H,25,26)(H,27,28)/t19-/m1/s1. The number of hydrogen-bond donors (Lipinski definition) is 2. The average molecular weight is 377 g/mol. The predicted molar refractivity (Wildman–Crippen MR) is 107 cm³/mol. The second-order valence-electron chi connectivity index (χ2n) is 7.75. The van der Waals surface area contributed by atoms with Gasteiger partial charge in [-0.2, -0.15) is 0 Å². The van der Waals surface area contributed by atoms with Crippen LogP contribution in [0.5, 0.6) is 0 Å². The van der Waals surface area contributed by atoms with Gasteiger partial charge in [0.25, 0.3) is 5.91 Å². The number of aromatic nitrogens is 2. The molecule has 1 heterocycles. The lowest BCUT2D eigenvalue weighted by atomic mass is 9.86. The largest absolute Gasteiger partial charge is 0.480 e. The molecule has 1 aromatic heterocycles. The van der Waals surface area contributed by atoms with Crippen LogP contribution in [-0.4, -0.2) is 33.0 Å². The molecule has 0 saturated heterocycles. The summed E-state index contributed by atoms with van der Waals surface area (Å²) in [7, 11) is 0. The molecule has 0 spiro atoms. The van der Waals surface area contributed by atoms with Gasteiger partial charge >= 0.3 is 5.97 Å². The van der Waals surface area contributed by atoms with E-state index < -0.39 is 17.9 Å². The summed E-state index contributed by atoms with van der Waals surface area (Å²) in [5.74, 6) is -1.55. The number of amides is 1. The first kappa shape index (κ1) is 19.5. The van der Waals surface area contributed by atoms with E-state index in [0.717, 1.165) is 11.1 Å². The number of rotatable bonds is 5. The molecule has 0 bridgehead atoms. The monoisotopic (exact) mass is 377 g/mol. The summed E-state index contributed by atoms with van der Waals surface area (Å²) < 4.78 is 0. The van der Waals surface area contributed by atoms with Gasteiger partial charge in [0.2, 0.25) is 0 Å². The third kappa shape index (κ3) is 4.52. The van der Waals surface area contributed by atoms with Crippen molar-refractivity contribution in [1.82, 2.24) is 15.3 Å². The number of hydrogen-bond acceptors (Lipinski definition) is 4. The number of carbonyl (C=O) groups is 2. The predicted octanol–water partition coefficient (Wildman–Crippen LogP) is 3.35. The summed E-state index contributed by atoms with van der Waals surface area (Å²) in [6, 6.07) is 13.5. The van der Waals surface area contributed by atoms with Crippen molar-refractivity contribution in [3.63, 3.8) is 0 Å². The molecule has 0 fully saturated rings. The Labute approximate surface area is 163 Å². The maximum Gasteiger partial charge on any atom is 0.326 e.